The lowest BCUT2D eigenvalue weighted by Gasteiger charge is -2.26. The van der Waals surface area contributed by atoms with E-state index in [1.54, 1.807) is 4.90 Å². The highest BCUT2D eigenvalue weighted by Gasteiger charge is 2.36. The van der Waals surface area contributed by atoms with Gasteiger partial charge in [0.1, 0.15) is 18.0 Å². The molecule has 6 nitrogen and oxygen atoms in total. The number of carbonyl (C=O) groups excluding carboxylic acids is 1. The number of aromatic nitrogens is 3. The molecule has 1 aromatic carbocycles. The molecule has 0 N–H and O–H groups in total. The summed E-state index contributed by atoms with van der Waals surface area (Å²) in [6.45, 7) is 2.97. The van der Waals surface area contributed by atoms with Gasteiger partial charge in [0.15, 0.2) is 0 Å². The first kappa shape index (κ1) is 17.0. The lowest BCUT2D eigenvalue weighted by atomic mass is 10.0. The van der Waals surface area contributed by atoms with Crippen LogP contribution in [0.4, 0.5) is 4.39 Å². The summed E-state index contributed by atoms with van der Waals surface area (Å²) >= 11 is 0. The summed E-state index contributed by atoms with van der Waals surface area (Å²) in [6.07, 6.45) is 1.53. The predicted molar refractivity (Wildman–Crippen MR) is 94.8 cm³/mol. The van der Waals surface area contributed by atoms with Crippen LogP contribution in [0.15, 0.2) is 29.1 Å². The van der Waals surface area contributed by atoms with Gasteiger partial charge in [-0.3, -0.25) is 9.36 Å². The highest BCUT2D eigenvalue weighted by atomic mass is 19.1. The van der Waals surface area contributed by atoms with Gasteiger partial charge in [-0.05, 0) is 31.7 Å². The zero-order valence-corrected chi connectivity index (χ0v) is 14.9. The third kappa shape index (κ3) is 3.06. The van der Waals surface area contributed by atoms with Gasteiger partial charge in [-0.15, -0.1) is 0 Å². The second kappa shape index (κ2) is 6.70. The molecule has 0 bridgehead atoms. The summed E-state index contributed by atoms with van der Waals surface area (Å²) < 4.78 is 16.4. The Balaban J connectivity index is 1.62. The molecule has 0 radical (unpaired) electrons. The SMILES string of the molecule is Cc1ccc(Cn2nc3n(c2=O)C(C(=O)N2CC[C@H](F)C2)CCC3)cc1. The Labute approximate surface area is 151 Å². The largest absolute Gasteiger partial charge is 0.346 e. The van der Waals surface area contributed by atoms with Gasteiger partial charge >= 0.3 is 5.69 Å². The number of nitrogens with zero attached hydrogens (tertiary/aromatic N) is 4. The molecule has 0 saturated carbocycles. The number of aryl methyl sites for hydroxylation is 2. The molecule has 0 aliphatic carbocycles. The quantitative estimate of drug-likeness (QED) is 0.841. The molecule has 4 rings (SSSR count). The van der Waals surface area contributed by atoms with Crippen molar-refractivity contribution in [1.29, 1.82) is 0 Å². The normalized spacial score (nSPS) is 22.5. The minimum Gasteiger partial charge on any atom is -0.338 e. The number of hydrogen-bond acceptors (Lipinski definition) is 3. The Morgan fingerprint density at radius 3 is 2.73 bits per heavy atom. The number of fused-ring (bicyclic) bond motifs is 1. The Morgan fingerprint density at radius 1 is 1.27 bits per heavy atom. The molecule has 26 heavy (non-hydrogen) atoms. The Morgan fingerprint density at radius 2 is 2.04 bits per heavy atom. The summed E-state index contributed by atoms with van der Waals surface area (Å²) in [5.74, 6) is 0.505. The first-order valence-electron chi connectivity index (χ1n) is 9.19. The van der Waals surface area contributed by atoms with Gasteiger partial charge in [-0.2, -0.15) is 5.10 Å². The van der Waals surface area contributed by atoms with Gasteiger partial charge in [-0.25, -0.2) is 13.9 Å². The van der Waals surface area contributed by atoms with E-state index in [0.29, 0.717) is 38.2 Å². The molecule has 1 amide bonds. The first-order chi connectivity index (χ1) is 12.5. The number of hydrogen-bond donors (Lipinski definition) is 0. The van der Waals surface area contributed by atoms with Crippen molar-refractivity contribution >= 4 is 5.91 Å². The summed E-state index contributed by atoms with van der Waals surface area (Å²) in [6, 6.07) is 7.42. The van der Waals surface area contributed by atoms with Crippen LogP contribution in [0.25, 0.3) is 0 Å². The van der Waals surface area contributed by atoms with Crippen molar-refractivity contribution in [2.75, 3.05) is 13.1 Å². The fourth-order valence-corrected chi connectivity index (χ4v) is 3.86. The fourth-order valence-electron chi connectivity index (χ4n) is 3.86. The molecular weight excluding hydrogens is 335 g/mol. The molecule has 2 aromatic rings. The van der Waals surface area contributed by atoms with Crippen LogP contribution >= 0.6 is 0 Å². The van der Waals surface area contributed by atoms with E-state index < -0.39 is 12.2 Å². The van der Waals surface area contributed by atoms with Crippen LogP contribution in [0.5, 0.6) is 0 Å². The van der Waals surface area contributed by atoms with Crippen molar-refractivity contribution < 1.29 is 9.18 Å². The van der Waals surface area contributed by atoms with E-state index in [0.717, 1.165) is 17.5 Å². The Kier molecular flexibility index (Phi) is 4.38. The van der Waals surface area contributed by atoms with E-state index in [9.17, 15) is 14.0 Å². The smallest absolute Gasteiger partial charge is 0.338 e. The zero-order chi connectivity index (χ0) is 18.3. The standard InChI is InChI=1S/C19H23FN4O2/c1-13-5-7-14(8-6-13)11-23-19(26)24-16(3-2-4-17(24)21-23)18(25)22-10-9-15(20)12-22/h5-8,15-16H,2-4,9-12H2,1H3/t15-,16?/m0/s1. The third-order valence-corrected chi connectivity index (χ3v) is 5.31. The molecule has 1 unspecified atom stereocenters. The molecular formula is C19H23FN4O2. The van der Waals surface area contributed by atoms with Crippen LogP contribution in [-0.4, -0.2) is 44.4 Å². The number of likely N-dealkylation sites (tertiary alicyclic amines) is 1. The van der Waals surface area contributed by atoms with E-state index >= 15 is 0 Å². The Bertz CT molecular complexity index is 871. The minimum atomic E-state index is -0.956. The van der Waals surface area contributed by atoms with Crippen molar-refractivity contribution in [1.82, 2.24) is 19.2 Å². The second-order valence-corrected chi connectivity index (χ2v) is 7.29. The van der Waals surface area contributed by atoms with Gasteiger partial charge in [-0.1, -0.05) is 29.8 Å². The van der Waals surface area contributed by atoms with Crippen molar-refractivity contribution in [2.24, 2.45) is 0 Å². The van der Waals surface area contributed by atoms with Crippen LogP contribution in [-0.2, 0) is 17.8 Å². The maximum atomic E-state index is 13.5. The number of carbonyl (C=O) groups is 1. The maximum absolute atomic E-state index is 13.5. The third-order valence-electron chi connectivity index (χ3n) is 5.31. The second-order valence-electron chi connectivity index (χ2n) is 7.29. The lowest BCUT2D eigenvalue weighted by Crippen LogP contribution is -2.41. The van der Waals surface area contributed by atoms with Crippen molar-refractivity contribution in [3.63, 3.8) is 0 Å². The Hall–Kier alpha value is -2.44. The summed E-state index contributed by atoms with van der Waals surface area (Å²) in [5, 5.41) is 4.46. The first-order valence-corrected chi connectivity index (χ1v) is 9.19. The average Bonchev–Trinajstić information content (AvgIpc) is 3.20. The molecule has 0 spiro atoms. The molecule has 1 aromatic heterocycles. The number of amides is 1. The van der Waals surface area contributed by atoms with Crippen molar-refractivity contribution in [3.05, 3.63) is 51.7 Å². The van der Waals surface area contributed by atoms with Crippen LogP contribution in [0, 0.1) is 6.92 Å². The molecule has 2 aliphatic rings. The number of benzene rings is 1. The van der Waals surface area contributed by atoms with Crippen molar-refractivity contribution in [3.8, 4) is 0 Å². The van der Waals surface area contributed by atoms with Crippen LogP contribution in [0.1, 0.15) is 42.3 Å². The maximum Gasteiger partial charge on any atom is 0.346 e. The summed E-state index contributed by atoms with van der Waals surface area (Å²) in [4.78, 5) is 27.3. The predicted octanol–water partition coefficient (Wildman–Crippen LogP) is 1.85. The number of rotatable bonds is 3. The molecule has 2 atom stereocenters. The van der Waals surface area contributed by atoms with E-state index in [4.69, 9.17) is 0 Å². The number of alkyl halides is 1. The molecule has 3 heterocycles. The van der Waals surface area contributed by atoms with E-state index in [-0.39, 0.29) is 18.1 Å². The topological polar surface area (TPSA) is 60.1 Å². The van der Waals surface area contributed by atoms with E-state index in [1.165, 1.54) is 9.25 Å². The van der Waals surface area contributed by atoms with Crippen molar-refractivity contribution in [2.45, 2.75) is 51.4 Å². The summed E-state index contributed by atoms with van der Waals surface area (Å²) in [7, 11) is 0. The summed E-state index contributed by atoms with van der Waals surface area (Å²) in [5.41, 5.74) is 1.90. The average molecular weight is 358 g/mol. The molecule has 2 aliphatic heterocycles. The monoisotopic (exact) mass is 358 g/mol. The van der Waals surface area contributed by atoms with Crippen LogP contribution < -0.4 is 5.69 Å². The highest BCUT2D eigenvalue weighted by molar-refractivity contribution is 5.81. The van der Waals surface area contributed by atoms with E-state index in [1.807, 2.05) is 31.2 Å². The lowest BCUT2D eigenvalue weighted by molar-refractivity contribution is -0.134. The molecule has 1 fully saturated rings. The van der Waals surface area contributed by atoms with Crippen LogP contribution in [0.3, 0.4) is 0 Å². The molecule has 138 valence electrons. The van der Waals surface area contributed by atoms with Crippen LogP contribution in [0.2, 0.25) is 0 Å². The molecule has 1 saturated heterocycles. The van der Waals surface area contributed by atoms with E-state index in [2.05, 4.69) is 5.10 Å². The van der Waals surface area contributed by atoms with Gasteiger partial charge in [0.05, 0.1) is 13.1 Å². The highest BCUT2D eigenvalue weighted by Crippen LogP contribution is 2.26. The van der Waals surface area contributed by atoms with Gasteiger partial charge < -0.3 is 4.90 Å². The fraction of sp³-hybridized carbons (Fsp3) is 0.526. The van der Waals surface area contributed by atoms with Gasteiger partial charge in [0.2, 0.25) is 5.91 Å². The van der Waals surface area contributed by atoms with Gasteiger partial charge in [0, 0.05) is 13.0 Å². The molecule has 7 heteroatoms. The zero-order valence-electron chi connectivity index (χ0n) is 14.9. The minimum absolute atomic E-state index is 0.136. The number of halogens is 1. The van der Waals surface area contributed by atoms with Gasteiger partial charge in [0.25, 0.3) is 0 Å².